The molecule has 0 bridgehead atoms. The third-order valence-corrected chi connectivity index (χ3v) is 5.21. The van der Waals surface area contributed by atoms with Gasteiger partial charge in [0.05, 0.1) is 17.1 Å². The summed E-state index contributed by atoms with van der Waals surface area (Å²) in [4.78, 5) is 19.1. The van der Waals surface area contributed by atoms with Crippen LogP contribution in [0.15, 0.2) is 35.7 Å². The van der Waals surface area contributed by atoms with E-state index >= 15 is 0 Å². The molecule has 1 aliphatic heterocycles. The van der Waals surface area contributed by atoms with Crippen molar-refractivity contribution in [2.75, 3.05) is 20.1 Å². The fourth-order valence-electron chi connectivity index (χ4n) is 2.99. The van der Waals surface area contributed by atoms with Crippen LogP contribution in [0.2, 0.25) is 0 Å². The summed E-state index contributed by atoms with van der Waals surface area (Å²) in [6.45, 7) is 1.69. The Balaban J connectivity index is 0.00000156. The number of benzene rings is 1. The van der Waals surface area contributed by atoms with E-state index in [9.17, 15) is 4.79 Å². The molecule has 4 nitrogen and oxygen atoms in total. The standard InChI is InChI=1S/C18H23N3OS.2ClH/c1-19-15-8-5-9-21(12-15)18(22)11-16-13-23-17(20-16)10-14-6-3-2-4-7-14;;/h2-4,6-7,13,15,19H,5,8-12H2,1H3;2*1H. The predicted octanol–water partition coefficient (Wildman–Crippen LogP) is 3.33. The number of nitrogens with one attached hydrogen (secondary N) is 1. The van der Waals surface area contributed by atoms with Gasteiger partial charge >= 0.3 is 0 Å². The summed E-state index contributed by atoms with van der Waals surface area (Å²) in [7, 11) is 1.97. The van der Waals surface area contributed by atoms with E-state index in [4.69, 9.17) is 0 Å². The molecule has 3 rings (SSSR count). The minimum atomic E-state index is 0. The van der Waals surface area contributed by atoms with Gasteiger partial charge in [-0.05, 0) is 25.5 Å². The molecule has 1 amide bonds. The Hall–Kier alpha value is -1.14. The zero-order chi connectivity index (χ0) is 16.1. The lowest BCUT2D eigenvalue weighted by atomic mass is 10.1. The Kier molecular flexibility index (Phi) is 9.43. The van der Waals surface area contributed by atoms with Crippen LogP contribution in [-0.2, 0) is 17.6 Å². The average Bonchev–Trinajstić information content (AvgIpc) is 3.02. The molecular weight excluding hydrogens is 377 g/mol. The van der Waals surface area contributed by atoms with Crippen LogP contribution in [0, 0.1) is 0 Å². The van der Waals surface area contributed by atoms with Crippen molar-refractivity contribution in [3.05, 3.63) is 52.0 Å². The number of likely N-dealkylation sites (N-methyl/N-ethyl adjacent to an activating group) is 1. The number of carbonyl (C=O) groups is 1. The van der Waals surface area contributed by atoms with E-state index in [2.05, 4.69) is 22.4 Å². The van der Waals surface area contributed by atoms with Crippen molar-refractivity contribution < 1.29 is 4.79 Å². The molecule has 0 radical (unpaired) electrons. The Morgan fingerprint density at radius 3 is 2.80 bits per heavy atom. The SMILES string of the molecule is CNC1CCCN(C(=O)Cc2csc(Cc3ccccc3)n2)C1.Cl.Cl. The van der Waals surface area contributed by atoms with Crippen LogP contribution in [-0.4, -0.2) is 42.0 Å². The third-order valence-electron chi connectivity index (χ3n) is 4.31. The maximum atomic E-state index is 12.5. The number of aromatic nitrogens is 1. The Bertz CT molecular complexity index is 651. The summed E-state index contributed by atoms with van der Waals surface area (Å²) in [6, 6.07) is 10.8. The molecule has 1 N–H and O–H groups in total. The topological polar surface area (TPSA) is 45.2 Å². The second-order valence-corrected chi connectivity index (χ2v) is 6.98. The summed E-state index contributed by atoms with van der Waals surface area (Å²) < 4.78 is 0. The van der Waals surface area contributed by atoms with Gasteiger partial charge in [0.1, 0.15) is 0 Å². The predicted molar refractivity (Wildman–Crippen MR) is 108 cm³/mol. The van der Waals surface area contributed by atoms with Gasteiger partial charge in [-0.1, -0.05) is 30.3 Å². The van der Waals surface area contributed by atoms with Gasteiger partial charge < -0.3 is 10.2 Å². The maximum absolute atomic E-state index is 12.5. The zero-order valence-electron chi connectivity index (χ0n) is 14.3. The zero-order valence-corrected chi connectivity index (χ0v) is 16.8. The van der Waals surface area contributed by atoms with Crippen molar-refractivity contribution in [3.63, 3.8) is 0 Å². The van der Waals surface area contributed by atoms with E-state index in [-0.39, 0.29) is 30.7 Å². The molecule has 138 valence electrons. The molecule has 1 aromatic carbocycles. The van der Waals surface area contributed by atoms with Crippen molar-refractivity contribution in [1.29, 1.82) is 0 Å². The van der Waals surface area contributed by atoms with Crippen LogP contribution >= 0.6 is 36.2 Å². The van der Waals surface area contributed by atoms with Gasteiger partial charge in [0.15, 0.2) is 0 Å². The van der Waals surface area contributed by atoms with E-state index in [1.54, 1.807) is 11.3 Å². The van der Waals surface area contributed by atoms with Gasteiger partial charge in [-0.15, -0.1) is 36.2 Å². The van der Waals surface area contributed by atoms with Crippen LogP contribution in [0.1, 0.15) is 29.1 Å². The van der Waals surface area contributed by atoms with Crippen LogP contribution in [0.3, 0.4) is 0 Å². The van der Waals surface area contributed by atoms with Crippen molar-refractivity contribution >= 4 is 42.1 Å². The first kappa shape index (κ1) is 21.9. The fraction of sp³-hybridized carbons (Fsp3) is 0.444. The second-order valence-electron chi connectivity index (χ2n) is 6.04. The Morgan fingerprint density at radius 2 is 2.08 bits per heavy atom. The van der Waals surface area contributed by atoms with E-state index < -0.39 is 0 Å². The lowest BCUT2D eigenvalue weighted by molar-refractivity contribution is -0.131. The first-order valence-electron chi connectivity index (χ1n) is 8.17. The molecule has 0 spiro atoms. The highest BCUT2D eigenvalue weighted by molar-refractivity contribution is 7.09. The molecule has 1 atom stereocenters. The van der Waals surface area contributed by atoms with Crippen LogP contribution in [0.5, 0.6) is 0 Å². The number of carbonyl (C=O) groups excluding carboxylic acids is 1. The first-order valence-corrected chi connectivity index (χ1v) is 9.05. The second kappa shape index (κ2) is 10.8. The number of halogens is 2. The molecule has 25 heavy (non-hydrogen) atoms. The summed E-state index contributed by atoms with van der Waals surface area (Å²) in [5.74, 6) is 0.196. The molecule has 1 aliphatic rings. The van der Waals surface area contributed by atoms with Crippen molar-refractivity contribution in [1.82, 2.24) is 15.2 Å². The lowest BCUT2D eigenvalue weighted by Gasteiger charge is -2.32. The maximum Gasteiger partial charge on any atom is 0.228 e. The van der Waals surface area contributed by atoms with Gasteiger partial charge in [0.25, 0.3) is 0 Å². The highest BCUT2D eigenvalue weighted by Crippen LogP contribution is 2.17. The number of nitrogens with zero attached hydrogens (tertiary/aromatic N) is 2. The molecule has 1 unspecified atom stereocenters. The molecule has 2 heterocycles. The number of likely N-dealkylation sites (tertiary alicyclic amines) is 1. The molecule has 1 aromatic heterocycles. The third kappa shape index (κ3) is 6.26. The van der Waals surface area contributed by atoms with Gasteiger partial charge in [-0.2, -0.15) is 0 Å². The molecule has 2 aromatic rings. The number of hydrogen-bond acceptors (Lipinski definition) is 4. The van der Waals surface area contributed by atoms with Crippen molar-refractivity contribution in [3.8, 4) is 0 Å². The van der Waals surface area contributed by atoms with Gasteiger partial charge in [0, 0.05) is 30.9 Å². The average molecular weight is 402 g/mol. The number of hydrogen-bond donors (Lipinski definition) is 1. The Labute approximate surface area is 165 Å². The lowest BCUT2D eigenvalue weighted by Crippen LogP contribution is -2.47. The van der Waals surface area contributed by atoms with Crippen LogP contribution in [0.25, 0.3) is 0 Å². The molecule has 1 fully saturated rings. The summed E-state index contributed by atoms with van der Waals surface area (Å²) >= 11 is 1.64. The largest absolute Gasteiger partial charge is 0.341 e. The molecule has 0 aliphatic carbocycles. The van der Waals surface area contributed by atoms with Crippen LogP contribution in [0.4, 0.5) is 0 Å². The fourth-order valence-corrected chi connectivity index (χ4v) is 3.82. The normalized spacial score (nSPS) is 16.7. The molecule has 7 heteroatoms. The molecule has 1 saturated heterocycles. The highest BCUT2D eigenvalue weighted by atomic mass is 35.5. The number of rotatable bonds is 5. The van der Waals surface area contributed by atoms with E-state index in [1.807, 2.05) is 35.5 Å². The molecular formula is C18H25Cl2N3OS. The van der Waals surface area contributed by atoms with E-state index in [0.717, 1.165) is 43.1 Å². The monoisotopic (exact) mass is 401 g/mol. The van der Waals surface area contributed by atoms with Gasteiger partial charge in [-0.25, -0.2) is 4.98 Å². The minimum Gasteiger partial charge on any atom is -0.341 e. The quantitative estimate of drug-likeness (QED) is 0.835. The van der Waals surface area contributed by atoms with E-state index in [1.165, 1.54) is 5.56 Å². The summed E-state index contributed by atoms with van der Waals surface area (Å²) in [6.07, 6.45) is 3.48. The summed E-state index contributed by atoms with van der Waals surface area (Å²) in [5.41, 5.74) is 2.16. The number of amides is 1. The van der Waals surface area contributed by atoms with Gasteiger partial charge in [-0.3, -0.25) is 4.79 Å². The number of piperidine rings is 1. The highest BCUT2D eigenvalue weighted by Gasteiger charge is 2.23. The molecule has 0 saturated carbocycles. The van der Waals surface area contributed by atoms with Crippen LogP contribution < -0.4 is 5.32 Å². The number of thiazole rings is 1. The van der Waals surface area contributed by atoms with Crippen molar-refractivity contribution in [2.24, 2.45) is 0 Å². The van der Waals surface area contributed by atoms with E-state index in [0.29, 0.717) is 12.5 Å². The smallest absolute Gasteiger partial charge is 0.228 e. The Morgan fingerprint density at radius 1 is 1.32 bits per heavy atom. The van der Waals surface area contributed by atoms with Crippen molar-refractivity contribution in [2.45, 2.75) is 31.7 Å². The summed E-state index contributed by atoms with van der Waals surface area (Å²) in [5, 5.41) is 6.37. The first-order chi connectivity index (χ1) is 11.2. The minimum absolute atomic E-state index is 0. The van der Waals surface area contributed by atoms with Gasteiger partial charge in [0.2, 0.25) is 5.91 Å².